The van der Waals surface area contributed by atoms with Crippen molar-refractivity contribution >= 4 is 26.9 Å². The van der Waals surface area contributed by atoms with Crippen molar-refractivity contribution in [2.45, 2.75) is 31.6 Å². The van der Waals surface area contributed by atoms with E-state index in [1.165, 1.54) is 0 Å². The van der Waals surface area contributed by atoms with Crippen LogP contribution in [-0.4, -0.2) is 58.7 Å². The van der Waals surface area contributed by atoms with Crippen molar-refractivity contribution in [3.8, 4) is 5.69 Å². The zero-order valence-corrected chi connectivity index (χ0v) is 20.2. The lowest BCUT2D eigenvalue weighted by atomic mass is 10.2. The topological polar surface area (TPSA) is 84.2 Å². The second-order valence-corrected chi connectivity index (χ2v) is 10.4. The molecule has 0 saturated carbocycles. The minimum absolute atomic E-state index is 0.332. The lowest BCUT2D eigenvalue weighted by Crippen LogP contribution is -2.49. The van der Waals surface area contributed by atoms with E-state index in [9.17, 15) is 8.42 Å². The number of sulfonamides is 1. The summed E-state index contributed by atoms with van der Waals surface area (Å²) in [6.07, 6.45) is 1.71. The van der Waals surface area contributed by atoms with E-state index >= 15 is 0 Å². The van der Waals surface area contributed by atoms with Crippen molar-refractivity contribution in [3.05, 3.63) is 72.2 Å². The molecule has 3 heterocycles. The van der Waals surface area contributed by atoms with Crippen LogP contribution in [-0.2, 0) is 16.4 Å². The highest BCUT2D eigenvalue weighted by Crippen LogP contribution is 2.30. The first-order valence-corrected chi connectivity index (χ1v) is 13.0. The number of para-hydroxylation sites is 1. The van der Waals surface area contributed by atoms with E-state index in [1.54, 1.807) is 28.6 Å². The Kier molecular flexibility index (Phi) is 6.05. The second kappa shape index (κ2) is 9.15. The van der Waals surface area contributed by atoms with Gasteiger partial charge in [-0.2, -0.15) is 9.40 Å². The van der Waals surface area contributed by atoms with Crippen LogP contribution >= 0.6 is 0 Å². The van der Waals surface area contributed by atoms with E-state index in [0.717, 1.165) is 46.9 Å². The minimum Gasteiger partial charge on any atom is -0.353 e. The molecule has 1 saturated heterocycles. The largest absolute Gasteiger partial charge is 0.353 e. The number of nitrogens with zero attached hydrogens (tertiary/aromatic N) is 6. The fourth-order valence-electron chi connectivity index (χ4n) is 4.40. The third-order valence-electron chi connectivity index (χ3n) is 6.12. The zero-order chi connectivity index (χ0) is 23.7. The molecular weight excluding hydrogens is 448 g/mol. The molecule has 1 aliphatic rings. The third kappa shape index (κ3) is 4.05. The van der Waals surface area contributed by atoms with Crippen LogP contribution < -0.4 is 4.90 Å². The molecule has 2 aromatic heterocycles. The quantitative estimate of drug-likeness (QED) is 0.423. The van der Waals surface area contributed by atoms with E-state index in [0.29, 0.717) is 31.1 Å². The Morgan fingerprint density at radius 3 is 2.18 bits per heavy atom. The zero-order valence-electron chi connectivity index (χ0n) is 19.4. The fourth-order valence-corrected chi connectivity index (χ4v) is 5.84. The number of piperazine rings is 1. The highest BCUT2D eigenvalue weighted by molar-refractivity contribution is 7.89. The van der Waals surface area contributed by atoms with Crippen molar-refractivity contribution in [2.24, 2.45) is 0 Å². The Hall–Kier alpha value is -3.30. The van der Waals surface area contributed by atoms with Gasteiger partial charge in [-0.05, 0) is 37.6 Å². The summed E-state index contributed by atoms with van der Waals surface area (Å²) >= 11 is 0. The van der Waals surface area contributed by atoms with Gasteiger partial charge < -0.3 is 4.90 Å². The molecule has 5 rings (SSSR count). The van der Waals surface area contributed by atoms with Gasteiger partial charge >= 0.3 is 0 Å². The van der Waals surface area contributed by atoms with Gasteiger partial charge in [-0.15, -0.1) is 0 Å². The second-order valence-electron chi connectivity index (χ2n) is 8.45. The number of anilines is 1. The Labute approximate surface area is 199 Å². The number of aromatic nitrogens is 4. The molecule has 1 aliphatic heterocycles. The predicted octanol–water partition coefficient (Wildman–Crippen LogP) is 3.59. The summed E-state index contributed by atoms with van der Waals surface area (Å²) in [5, 5.41) is 5.71. The summed E-state index contributed by atoms with van der Waals surface area (Å²) in [7, 11) is -3.51. The molecule has 34 heavy (non-hydrogen) atoms. The smallest absolute Gasteiger partial charge is 0.243 e. The summed E-state index contributed by atoms with van der Waals surface area (Å²) in [4.78, 5) is 12.3. The van der Waals surface area contributed by atoms with Crippen LogP contribution in [0.3, 0.4) is 0 Å². The average Bonchev–Trinajstić information content (AvgIpc) is 3.21. The maximum Gasteiger partial charge on any atom is 0.243 e. The Morgan fingerprint density at radius 1 is 0.882 bits per heavy atom. The van der Waals surface area contributed by atoms with Gasteiger partial charge in [0.15, 0.2) is 5.65 Å². The van der Waals surface area contributed by atoms with E-state index in [1.807, 2.05) is 48.0 Å². The third-order valence-corrected chi connectivity index (χ3v) is 8.04. The Morgan fingerprint density at radius 2 is 1.53 bits per heavy atom. The number of hydrogen-bond acceptors (Lipinski definition) is 6. The molecule has 0 spiro atoms. The molecule has 2 aromatic carbocycles. The number of hydrogen-bond donors (Lipinski definition) is 0. The highest BCUT2D eigenvalue weighted by atomic mass is 32.2. The molecule has 0 unspecified atom stereocenters. The van der Waals surface area contributed by atoms with Crippen LogP contribution in [0, 0.1) is 6.92 Å². The lowest BCUT2D eigenvalue weighted by molar-refractivity contribution is 0.384. The predicted molar refractivity (Wildman–Crippen MR) is 133 cm³/mol. The maximum absolute atomic E-state index is 13.1. The van der Waals surface area contributed by atoms with Crippen LogP contribution in [0.1, 0.15) is 24.9 Å². The summed E-state index contributed by atoms with van der Waals surface area (Å²) in [5.41, 5.74) is 2.60. The lowest BCUT2D eigenvalue weighted by Gasteiger charge is -2.35. The fraction of sp³-hybridized carbons (Fsp3) is 0.320. The van der Waals surface area contributed by atoms with Crippen LogP contribution in [0.4, 0.5) is 5.82 Å². The number of benzene rings is 2. The number of fused-ring (bicyclic) bond motifs is 1. The molecule has 1 fully saturated rings. The summed E-state index contributed by atoms with van der Waals surface area (Å²) in [6.45, 7) is 6.00. The molecule has 4 aromatic rings. The standard InChI is InChI=1S/C25H28N6O2S/c1-3-10-22-26-24(23-19(2)28-31(25(23)27-22)20-11-6-4-7-12-20)29-15-17-30(18-16-29)34(32,33)21-13-8-5-9-14-21/h4-9,11-14H,3,10,15-18H2,1-2H3. The normalized spacial score (nSPS) is 15.2. The first-order chi connectivity index (χ1) is 16.5. The first kappa shape index (κ1) is 22.5. The van der Waals surface area contributed by atoms with Gasteiger partial charge in [0.2, 0.25) is 10.0 Å². The van der Waals surface area contributed by atoms with Gasteiger partial charge in [0.25, 0.3) is 0 Å². The van der Waals surface area contributed by atoms with Gasteiger partial charge in [0, 0.05) is 32.6 Å². The molecule has 0 aliphatic carbocycles. The van der Waals surface area contributed by atoms with Gasteiger partial charge in [-0.25, -0.2) is 23.1 Å². The highest BCUT2D eigenvalue weighted by Gasteiger charge is 2.30. The molecule has 0 amide bonds. The molecular formula is C25H28N6O2S. The van der Waals surface area contributed by atoms with Gasteiger partial charge in [0.05, 0.1) is 21.7 Å². The van der Waals surface area contributed by atoms with E-state index in [4.69, 9.17) is 15.1 Å². The minimum atomic E-state index is -3.51. The van der Waals surface area contributed by atoms with Crippen molar-refractivity contribution < 1.29 is 8.42 Å². The molecule has 176 valence electrons. The molecule has 0 bridgehead atoms. The van der Waals surface area contributed by atoms with Gasteiger partial charge in [0.1, 0.15) is 11.6 Å². The van der Waals surface area contributed by atoms with Crippen molar-refractivity contribution in [3.63, 3.8) is 0 Å². The molecule has 9 heteroatoms. The summed E-state index contributed by atoms with van der Waals surface area (Å²) in [6, 6.07) is 18.6. The Balaban J connectivity index is 1.50. The van der Waals surface area contributed by atoms with E-state index in [-0.39, 0.29) is 0 Å². The summed E-state index contributed by atoms with van der Waals surface area (Å²) in [5.74, 6) is 1.62. The number of aryl methyl sites for hydroxylation is 2. The Bertz CT molecular complexity index is 1400. The molecule has 8 nitrogen and oxygen atoms in total. The van der Waals surface area contributed by atoms with Crippen LogP contribution in [0.15, 0.2) is 65.6 Å². The summed E-state index contributed by atoms with van der Waals surface area (Å²) < 4.78 is 29.6. The van der Waals surface area contributed by atoms with Crippen molar-refractivity contribution in [2.75, 3.05) is 31.1 Å². The van der Waals surface area contributed by atoms with Crippen LogP contribution in [0.5, 0.6) is 0 Å². The molecule has 0 atom stereocenters. The molecule has 0 radical (unpaired) electrons. The van der Waals surface area contributed by atoms with E-state index in [2.05, 4.69) is 11.8 Å². The average molecular weight is 477 g/mol. The molecule has 0 N–H and O–H groups in total. The van der Waals surface area contributed by atoms with Crippen LogP contribution in [0.25, 0.3) is 16.7 Å². The first-order valence-electron chi connectivity index (χ1n) is 11.6. The van der Waals surface area contributed by atoms with Gasteiger partial charge in [-0.1, -0.05) is 43.3 Å². The van der Waals surface area contributed by atoms with Gasteiger partial charge in [-0.3, -0.25) is 0 Å². The maximum atomic E-state index is 13.1. The SMILES string of the molecule is CCCc1nc(N2CCN(S(=O)(=O)c3ccccc3)CC2)c2c(C)nn(-c3ccccc3)c2n1. The van der Waals surface area contributed by atoms with Crippen molar-refractivity contribution in [1.82, 2.24) is 24.1 Å². The number of rotatable bonds is 6. The van der Waals surface area contributed by atoms with Crippen LogP contribution in [0.2, 0.25) is 0 Å². The van der Waals surface area contributed by atoms with Crippen molar-refractivity contribution in [1.29, 1.82) is 0 Å². The van der Waals surface area contributed by atoms with E-state index < -0.39 is 10.0 Å². The monoisotopic (exact) mass is 476 g/mol.